The summed E-state index contributed by atoms with van der Waals surface area (Å²) in [4.78, 5) is 36.5. The number of ether oxygens (including phenoxy) is 1. The van der Waals surface area contributed by atoms with Crippen molar-refractivity contribution in [3.8, 4) is 5.75 Å². The minimum Gasteiger partial charge on any atom is -0.497 e. The van der Waals surface area contributed by atoms with E-state index in [1.807, 2.05) is 41.0 Å². The van der Waals surface area contributed by atoms with Crippen LogP contribution in [0.25, 0.3) is 10.9 Å². The van der Waals surface area contributed by atoms with Crippen LogP contribution in [0.4, 0.5) is 0 Å². The average molecular weight is 425 g/mol. The van der Waals surface area contributed by atoms with Crippen LogP contribution in [0.15, 0.2) is 24.3 Å². The molecule has 7 heteroatoms. The molecule has 166 valence electrons. The van der Waals surface area contributed by atoms with Gasteiger partial charge < -0.3 is 14.5 Å². The molecule has 0 aliphatic carbocycles. The van der Waals surface area contributed by atoms with Gasteiger partial charge in [0, 0.05) is 44.7 Å². The van der Waals surface area contributed by atoms with Crippen LogP contribution in [0.2, 0.25) is 0 Å². The number of rotatable bonds is 4. The third kappa shape index (κ3) is 4.98. The van der Waals surface area contributed by atoms with Gasteiger partial charge in [-0.25, -0.2) is 0 Å². The molecule has 0 bridgehead atoms. The Balaban J connectivity index is 1.37. The van der Waals surface area contributed by atoms with E-state index in [0.717, 1.165) is 61.4 Å². The van der Waals surface area contributed by atoms with Crippen molar-refractivity contribution < 1.29 is 14.3 Å². The number of piperazine rings is 1. The van der Waals surface area contributed by atoms with Crippen LogP contribution in [-0.2, 0) is 4.79 Å². The van der Waals surface area contributed by atoms with Gasteiger partial charge in [-0.05, 0) is 44.0 Å². The highest BCUT2D eigenvalue weighted by atomic mass is 16.5. The number of amides is 2. The van der Waals surface area contributed by atoms with Gasteiger partial charge in [0.25, 0.3) is 5.91 Å². The van der Waals surface area contributed by atoms with Gasteiger partial charge in [0.05, 0.1) is 30.4 Å². The van der Waals surface area contributed by atoms with Crippen molar-refractivity contribution in [3.05, 3.63) is 35.5 Å². The molecule has 4 rings (SSSR count). The summed E-state index contributed by atoms with van der Waals surface area (Å²) < 4.78 is 5.30. The predicted octanol–water partition coefficient (Wildman–Crippen LogP) is 2.71. The first kappa shape index (κ1) is 21.6. The summed E-state index contributed by atoms with van der Waals surface area (Å²) >= 11 is 0. The van der Waals surface area contributed by atoms with E-state index in [9.17, 15) is 9.59 Å². The lowest BCUT2D eigenvalue weighted by Gasteiger charge is -2.35. The highest BCUT2D eigenvalue weighted by Gasteiger charge is 2.26. The van der Waals surface area contributed by atoms with Crippen molar-refractivity contribution in [3.63, 3.8) is 0 Å². The Morgan fingerprint density at radius 3 is 2.32 bits per heavy atom. The molecule has 2 aromatic rings. The van der Waals surface area contributed by atoms with Crippen molar-refractivity contribution in [2.24, 2.45) is 0 Å². The number of fused-ring (bicyclic) bond motifs is 1. The quantitative estimate of drug-likeness (QED) is 0.755. The number of carbonyl (C=O) groups is 2. The zero-order valence-electron chi connectivity index (χ0n) is 18.6. The minimum absolute atomic E-state index is 0.00761. The van der Waals surface area contributed by atoms with Gasteiger partial charge >= 0.3 is 0 Å². The monoisotopic (exact) mass is 424 g/mol. The van der Waals surface area contributed by atoms with E-state index >= 15 is 0 Å². The lowest BCUT2D eigenvalue weighted by Crippen LogP contribution is -2.51. The molecule has 31 heavy (non-hydrogen) atoms. The Labute approximate surface area is 184 Å². The van der Waals surface area contributed by atoms with E-state index in [0.29, 0.717) is 25.2 Å². The molecule has 0 saturated carbocycles. The number of aromatic nitrogens is 1. The topological polar surface area (TPSA) is 66.0 Å². The van der Waals surface area contributed by atoms with E-state index in [4.69, 9.17) is 4.74 Å². The molecule has 1 aromatic carbocycles. The second-order valence-corrected chi connectivity index (χ2v) is 8.54. The lowest BCUT2D eigenvalue weighted by molar-refractivity contribution is -0.132. The first-order valence-electron chi connectivity index (χ1n) is 11.3. The van der Waals surface area contributed by atoms with E-state index in [2.05, 4.69) is 9.88 Å². The highest BCUT2D eigenvalue weighted by molar-refractivity contribution is 5.99. The van der Waals surface area contributed by atoms with Crippen LogP contribution in [0, 0.1) is 6.92 Å². The summed E-state index contributed by atoms with van der Waals surface area (Å²) in [6.45, 7) is 6.81. The highest BCUT2D eigenvalue weighted by Crippen LogP contribution is 2.23. The normalized spacial score (nSPS) is 18.1. The third-order valence-electron chi connectivity index (χ3n) is 6.42. The maximum absolute atomic E-state index is 13.2. The Bertz CT molecular complexity index is 945. The summed E-state index contributed by atoms with van der Waals surface area (Å²) in [5.74, 6) is 0.984. The summed E-state index contributed by atoms with van der Waals surface area (Å²) in [5.41, 5.74) is 2.22. The summed E-state index contributed by atoms with van der Waals surface area (Å²) in [6, 6.07) is 7.61. The summed E-state index contributed by atoms with van der Waals surface area (Å²) in [7, 11) is 1.63. The second kappa shape index (κ2) is 9.64. The van der Waals surface area contributed by atoms with E-state index in [1.54, 1.807) is 7.11 Å². The molecular weight excluding hydrogens is 392 g/mol. The van der Waals surface area contributed by atoms with Crippen LogP contribution in [0.5, 0.6) is 5.75 Å². The molecule has 0 radical (unpaired) electrons. The molecule has 0 N–H and O–H groups in total. The van der Waals surface area contributed by atoms with Crippen molar-refractivity contribution in [2.45, 2.75) is 32.6 Å². The maximum Gasteiger partial charge on any atom is 0.255 e. The standard InChI is InChI=1S/C24H32N4O3/c1-18-21(16-19-15-20(31-2)7-8-22(19)25-18)24(30)28-13-11-26(12-14-28)17-23(29)27-9-5-3-4-6-10-27/h7-8,15-16H,3-6,9-14,17H2,1-2H3. The Kier molecular flexibility index (Phi) is 6.70. The molecule has 2 aliphatic rings. The zero-order valence-corrected chi connectivity index (χ0v) is 18.6. The van der Waals surface area contributed by atoms with Crippen molar-refractivity contribution in [2.75, 3.05) is 52.9 Å². The average Bonchev–Trinajstić information content (AvgIpc) is 3.08. The van der Waals surface area contributed by atoms with Gasteiger partial charge in [-0.2, -0.15) is 0 Å². The molecule has 3 heterocycles. The van der Waals surface area contributed by atoms with Gasteiger partial charge in [-0.15, -0.1) is 0 Å². The van der Waals surface area contributed by atoms with Crippen LogP contribution in [-0.4, -0.2) is 84.4 Å². The smallest absolute Gasteiger partial charge is 0.255 e. The molecule has 1 aromatic heterocycles. The van der Waals surface area contributed by atoms with E-state index in [1.165, 1.54) is 12.8 Å². The number of methoxy groups -OCH3 is 1. The molecule has 2 aliphatic heterocycles. The van der Waals surface area contributed by atoms with Crippen LogP contribution < -0.4 is 4.74 Å². The summed E-state index contributed by atoms with van der Waals surface area (Å²) in [5, 5.41) is 0.898. The Morgan fingerprint density at radius 1 is 0.935 bits per heavy atom. The summed E-state index contributed by atoms with van der Waals surface area (Å²) in [6.07, 6.45) is 4.67. The SMILES string of the molecule is COc1ccc2nc(C)c(C(=O)N3CCN(CC(=O)N4CCCCCC4)CC3)cc2c1. The fourth-order valence-corrected chi connectivity index (χ4v) is 4.49. The first-order valence-corrected chi connectivity index (χ1v) is 11.3. The fraction of sp³-hybridized carbons (Fsp3) is 0.542. The van der Waals surface area contributed by atoms with Gasteiger partial charge in [-0.3, -0.25) is 19.5 Å². The van der Waals surface area contributed by atoms with Crippen molar-refractivity contribution in [1.82, 2.24) is 19.7 Å². The fourth-order valence-electron chi connectivity index (χ4n) is 4.49. The van der Waals surface area contributed by atoms with Crippen LogP contribution in [0.1, 0.15) is 41.7 Å². The first-order chi connectivity index (χ1) is 15.0. The number of benzene rings is 1. The third-order valence-corrected chi connectivity index (χ3v) is 6.42. The second-order valence-electron chi connectivity index (χ2n) is 8.54. The molecule has 2 amide bonds. The Morgan fingerprint density at radius 2 is 1.65 bits per heavy atom. The largest absolute Gasteiger partial charge is 0.497 e. The van der Waals surface area contributed by atoms with Gasteiger partial charge in [0.1, 0.15) is 5.75 Å². The van der Waals surface area contributed by atoms with Crippen LogP contribution >= 0.6 is 0 Å². The number of likely N-dealkylation sites (tertiary alicyclic amines) is 1. The number of carbonyl (C=O) groups excluding carboxylic acids is 2. The molecular formula is C24H32N4O3. The van der Waals surface area contributed by atoms with Gasteiger partial charge in [0.2, 0.25) is 5.91 Å². The number of nitrogens with zero attached hydrogens (tertiary/aromatic N) is 4. The number of pyridine rings is 1. The zero-order chi connectivity index (χ0) is 21.8. The molecule has 0 unspecified atom stereocenters. The minimum atomic E-state index is 0.00761. The maximum atomic E-state index is 13.2. The lowest BCUT2D eigenvalue weighted by atomic mass is 10.1. The van der Waals surface area contributed by atoms with Crippen LogP contribution in [0.3, 0.4) is 0 Å². The van der Waals surface area contributed by atoms with Gasteiger partial charge in [-0.1, -0.05) is 12.8 Å². The molecule has 2 fully saturated rings. The molecule has 0 atom stereocenters. The van der Waals surface area contributed by atoms with Crippen molar-refractivity contribution >= 4 is 22.7 Å². The molecule has 2 saturated heterocycles. The number of aryl methyl sites for hydroxylation is 1. The molecule has 7 nitrogen and oxygen atoms in total. The van der Waals surface area contributed by atoms with Crippen molar-refractivity contribution in [1.29, 1.82) is 0 Å². The predicted molar refractivity (Wildman–Crippen MR) is 120 cm³/mol. The van der Waals surface area contributed by atoms with Gasteiger partial charge in [0.15, 0.2) is 0 Å². The number of hydrogen-bond acceptors (Lipinski definition) is 5. The Hall–Kier alpha value is -2.67. The van der Waals surface area contributed by atoms with E-state index < -0.39 is 0 Å². The number of hydrogen-bond donors (Lipinski definition) is 0. The molecule has 0 spiro atoms. The van der Waals surface area contributed by atoms with E-state index in [-0.39, 0.29) is 11.8 Å².